The highest BCUT2D eigenvalue weighted by molar-refractivity contribution is 5.87. The fourth-order valence-corrected chi connectivity index (χ4v) is 3.44. The Hall–Kier alpha value is -3.15. The van der Waals surface area contributed by atoms with Gasteiger partial charge in [-0.3, -0.25) is 0 Å². The summed E-state index contributed by atoms with van der Waals surface area (Å²) < 4.78 is 15.0. The molecule has 1 aromatic heterocycles. The summed E-state index contributed by atoms with van der Waals surface area (Å²) in [6.07, 6.45) is 3.74. The van der Waals surface area contributed by atoms with Crippen LogP contribution >= 0.6 is 0 Å². The molecule has 4 rings (SSSR count). The van der Waals surface area contributed by atoms with Crippen molar-refractivity contribution in [3.63, 3.8) is 0 Å². The SMILES string of the molecule is O=C(O)c1ccc(-n2nc(Cc3ccc(F)cc3)c3c2NCCCC3)cc1. The molecule has 6 heteroatoms. The average molecular weight is 365 g/mol. The van der Waals surface area contributed by atoms with Gasteiger partial charge in [0.1, 0.15) is 11.6 Å². The van der Waals surface area contributed by atoms with Crippen LogP contribution in [0.2, 0.25) is 0 Å². The maximum Gasteiger partial charge on any atom is 0.335 e. The molecule has 0 saturated heterocycles. The standard InChI is InChI=1S/C21H20FN3O2/c22-16-8-4-14(5-9-16)13-19-18-3-1-2-12-23-20(18)25(24-19)17-10-6-15(7-11-17)21(26)27/h4-11,23H,1-3,12-13H2,(H,26,27). The Labute approximate surface area is 156 Å². The van der Waals surface area contributed by atoms with Gasteiger partial charge in [0.05, 0.1) is 16.9 Å². The van der Waals surface area contributed by atoms with Gasteiger partial charge in [-0.05, 0) is 61.2 Å². The molecular formula is C21H20FN3O2. The lowest BCUT2D eigenvalue weighted by Gasteiger charge is -2.09. The van der Waals surface area contributed by atoms with Gasteiger partial charge in [0.25, 0.3) is 0 Å². The summed E-state index contributed by atoms with van der Waals surface area (Å²) >= 11 is 0. The van der Waals surface area contributed by atoms with Crippen LogP contribution in [-0.2, 0) is 12.8 Å². The molecule has 27 heavy (non-hydrogen) atoms. The Balaban J connectivity index is 1.74. The molecule has 0 unspecified atom stereocenters. The molecule has 2 N–H and O–H groups in total. The third-order valence-electron chi connectivity index (χ3n) is 4.86. The van der Waals surface area contributed by atoms with Gasteiger partial charge < -0.3 is 10.4 Å². The first-order chi connectivity index (χ1) is 13.1. The zero-order valence-corrected chi connectivity index (χ0v) is 14.8. The van der Waals surface area contributed by atoms with Crippen molar-refractivity contribution in [2.24, 2.45) is 0 Å². The maximum absolute atomic E-state index is 13.2. The number of aromatic nitrogens is 2. The van der Waals surface area contributed by atoms with Crippen molar-refractivity contribution >= 4 is 11.8 Å². The van der Waals surface area contributed by atoms with Gasteiger partial charge in [-0.15, -0.1) is 0 Å². The molecular weight excluding hydrogens is 345 g/mol. The number of hydrogen-bond donors (Lipinski definition) is 2. The number of rotatable bonds is 4. The topological polar surface area (TPSA) is 67.1 Å². The van der Waals surface area contributed by atoms with Crippen LogP contribution in [0.5, 0.6) is 0 Å². The van der Waals surface area contributed by atoms with Crippen molar-refractivity contribution in [1.82, 2.24) is 9.78 Å². The molecule has 138 valence electrons. The summed E-state index contributed by atoms with van der Waals surface area (Å²) in [5, 5.41) is 17.4. The second-order valence-corrected chi connectivity index (χ2v) is 6.72. The van der Waals surface area contributed by atoms with Crippen molar-refractivity contribution in [3.8, 4) is 5.69 Å². The number of hydrogen-bond acceptors (Lipinski definition) is 3. The minimum absolute atomic E-state index is 0.247. The fourth-order valence-electron chi connectivity index (χ4n) is 3.44. The molecule has 0 atom stereocenters. The van der Waals surface area contributed by atoms with E-state index in [1.807, 2.05) is 4.68 Å². The molecule has 1 aliphatic heterocycles. The quantitative estimate of drug-likeness (QED) is 0.732. The third kappa shape index (κ3) is 3.56. The molecule has 0 saturated carbocycles. The summed E-state index contributed by atoms with van der Waals surface area (Å²) in [5.41, 5.74) is 4.22. The Morgan fingerprint density at radius 1 is 1.11 bits per heavy atom. The molecule has 1 aliphatic rings. The van der Waals surface area contributed by atoms with Crippen molar-refractivity contribution < 1.29 is 14.3 Å². The van der Waals surface area contributed by atoms with E-state index >= 15 is 0 Å². The Morgan fingerprint density at radius 3 is 2.56 bits per heavy atom. The van der Waals surface area contributed by atoms with Crippen molar-refractivity contribution in [2.45, 2.75) is 25.7 Å². The number of aromatic carboxylic acids is 1. The highest BCUT2D eigenvalue weighted by Crippen LogP contribution is 2.29. The highest BCUT2D eigenvalue weighted by Gasteiger charge is 2.21. The number of fused-ring (bicyclic) bond motifs is 1. The van der Waals surface area contributed by atoms with E-state index in [1.54, 1.807) is 36.4 Å². The van der Waals surface area contributed by atoms with E-state index in [0.29, 0.717) is 6.42 Å². The van der Waals surface area contributed by atoms with Crippen LogP contribution < -0.4 is 5.32 Å². The van der Waals surface area contributed by atoms with E-state index < -0.39 is 5.97 Å². The number of halogens is 1. The number of nitrogens with one attached hydrogen (secondary N) is 1. The Bertz CT molecular complexity index is 962. The number of nitrogens with zero attached hydrogens (tertiary/aromatic N) is 2. The van der Waals surface area contributed by atoms with Crippen LogP contribution in [0.1, 0.15) is 40.0 Å². The van der Waals surface area contributed by atoms with Crippen molar-refractivity contribution in [2.75, 3.05) is 11.9 Å². The van der Waals surface area contributed by atoms with Crippen LogP contribution in [0.4, 0.5) is 10.2 Å². The van der Waals surface area contributed by atoms with Gasteiger partial charge in [-0.2, -0.15) is 5.10 Å². The van der Waals surface area contributed by atoms with E-state index in [-0.39, 0.29) is 11.4 Å². The fraction of sp³-hybridized carbons (Fsp3) is 0.238. The van der Waals surface area contributed by atoms with Crippen molar-refractivity contribution in [1.29, 1.82) is 0 Å². The molecule has 2 aromatic carbocycles. The molecule has 3 aromatic rings. The summed E-state index contributed by atoms with van der Waals surface area (Å²) in [6.45, 7) is 0.877. The smallest absolute Gasteiger partial charge is 0.335 e. The first-order valence-corrected chi connectivity index (χ1v) is 9.04. The molecule has 0 amide bonds. The summed E-state index contributed by atoms with van der Waals surface area (Å²) in [4.78, 5) is 11.1. The largest absolute Gasteiger partial charge is 0.478 e. The molecule has 5 nitrogen and oxygen atoms in total. The Morgan fingerprint density at radius 2 is 1.85 bits per heavy atom. The zero-order valence-electron chi connectivity index (χ0n) is 14.8. The lowest BCUT2D eigenvalue weighted by molar-refractivity contribution is 0.0697. The average Bonchev–Trinajstić information content (AvgIpc) is 2.85. The van der Waals surface area contributed by atoms with E-state index in [0.717, 1.165) is 48.6 Å². The number of carbonyl (C=O) groups is 1. The number of benzene rings is 2. The van der Waals surface area contributed by atoms with Gasteiger partial charge in [0.2, 0.25) is 0 Å². The van der Waals surface area contributed by atoms with E-state index in [1.165, 1.54) is 17.7 Å². The summed E-state index contributed by atoms with van der Waals surface area (Å²) in [7, 11) is 0. The predicted octanol–water partition coefficient (Wildman–Crippen LogP) is 4.05. The summed E-state index contributed by atoms with van der Waals surface area (Å²) in [6, 6.07) is 13.2. The lowest BCUT2D eigenvalue weighted by Crippen LogP contribution is -2.07. The molecule has 2 heterocycles. The predicted molar refractivity (Wildman–Crippen MR) is 101 cm³/mol. The lowest BCUT2D eigenvalue weighted by atomic mass is 10.0. The number of anilines is 1. The van der Waals surface area contributed by atoms with Gasteiger partial charge >= 0.3 is 5.97 Å². The minimum Gasteiger partial charge on any atom is -0.478 e. The Kier molecular flexibility index (Phi) is 4.62. The van der Waals surface area contributed by atoms with Crippen LogP contribution in [-0.4, -0.2) is 27.4 Å². The van der Waals surface area contributed by atoms with Crippen LogP contribution in [0.25, 0.3) is 5.69 Å². The molecule has 0 spiro atoms. The van der Waals surface area contributed by atoms with Gasteiger partial charge in [-0.1, -0.05) is 12.1 Å². The van der Waals surface area contributed by atoms with Crippen LogP contribution in [0.3, 0.4) is 0 Å². The van der Waals surface area contributed by atoms with Gasteiger partial charge in [0, 0.05) is 18.5 Å². The summed E-state index contributed by atoms with van der Waals surface area (Å²) in [5.74, 6) is -0.230. The second kappa shape index (κ2) is 7.23. The normalized spacial score (nSPS) is 13.5. The molecule has 0 bridgehead atoms. The van der Waals surface area contributed by atoms with E-state index in [4.69, 9.17) is 10.2 Å². The first-order valence-electron chi connectivity index (χ1n) is 9.04. The number of carboxylic acid groups (broad SMARTS) is 1. The van der Waals surface area contributed by atoms with Crippen LogP contribution in [0.15, 0.2) is 48.5 Å². The maximum atomic E-state index is 13.2. The highest BCUT2D eigenvalue weighted by atomic mass is 19.1. The van der Waals surface area contributed by atoms with E-state index in [9.17, 15) is 9.18 Å². The van der Waals surface area contributed by atoms with Gasteiger partial charge in [0.15, 0.2) is 0 Å². The van der Waals surface area contributed by atoms with Crippen LogP contribution in [0, 0.1) is 5.82 Å². The zero-order chi connectivity index (χ0) is 18.8. The second-order valence-electron chi connectivity index (χ2n) is 6.72. The monoisotopic (exact) mass is 365 g/mol. The van der Waals surface area contributed by atoms with E-state index in [2.05, 4.69) is 5.32 Å². The molecule has 0 fully saturated rings. The van der Waals surface area contributed by atoms with Gasteiger partial charge in [-0.25, -0.2) is 13.9 Å². The molecule has 0 aliphatic carbocycles. The van der Waals surface area contributed by atoms with Crippen molar-refractivity contribution in [3.05, 3.63) is 76.7 Å². The minimum atomic E-state index is -0.948. The molecule has 0 radical (unpaired) electrons. The third-order valence-corrected chi connectivity index (χ3v) is 4.86. The first kappa shape index (κ1) is 17.3. The number of carboxylic acids is 1.